The molecule has 0 spiro atoms. The number of Topliss-reactive ketones (excluding diaryl/α,β-unsaturated/α-hetero) is 1. The van der Waals surface area contributed by atoms with E-state index in [1.807, 2.05) is 6.92 Å². The first-order valence-corrected chi connectivity index (χ1v) is 5.44. The topological polar surface area (TPSA) is 46.5 Å². The van der Waals surface area contributed by atoms with Crippen LogP contribution in [0.25, 0.3) is 0 Å². The molecule has 1 aromatic rings. The van der Waals surface area contributed by atoms with E-state index in [9.17, 15) is 9.90 Å². The Morgan fingerprint density at radius 1 is 1.44 bits per heavy atom. The number of phenols is 1. The van der Waals surface area contributed by atoms with Gasteiger partial charge in [-0.3, -0.25) is 4.79 Å². The lowest BCUT2D eigenvalue weighted by Crippen LogP contribution is -2.03. The molecule has 1 aliphatic heterocycles. The van der Waals surface area contributed by atoms with Crippen molar-refractivity contribution in [2.45, 2.75) is 19.8 Å². The number of hydrogen-bond acceptors (Lipinski definition) is 3. The molecule has 1 fully saturated rings. The van der Waals surface area contributed by atoms with E-state index in [0.717, 1.165) is 18.4 Å². The molecule has 3 heteroatoms. The lowest BCUT2D eigenvalue weighted by molar-refractivity contribution is 0.101. The summed E-state index contributed by atoms with van der Waals surface area (Å²) in [6, 6.07) is 4.90. The summed E-state index contributed by atoms with van der Waals surface area (Å²) < 4.78 is 5.53. The quantitative estimate of drug-likeness (QED) is 0.734. The second kappa shape index (κ2) is 3.11. The first-order valence-electron chi connectivity index (χ1n) is 5.44. The van der Waals surface area contributed by atoms with Gasteiger partial charge in [-0.05, 0) is 43.4 Å². The lowest BCUT2D eigenvalue weighted by atomic mass is 10.1. The van der Waals surface area contributed by atoms with Crippen LogP contribution in [-0.2, 0) is 0 Å². The van der Waals surface area contributed by atoms with Crippen LogP contribution in [0, 0.1) is 5.92 Å². The summed E-state index contributed by atoms with van der Waals surface area (Å²) in [5.41, 5.74) is 1.32. The number of aromatic hydroxyl groups is 1. The van der Waals surface area contributed by atoms with Crippen molar-refractivity contribution in [3.05, 3.63) is 35.1 Å². The summed E-state index contributed by atoms with van der Waals surface area (Å²) >= 11 is 0. The molecular formula is C13H12O3. The molecule has 16 heavy (non-hydrogen) atoms. The Morgan fingerprint density at radius 2 is 2.19 bits per heavy atom. The second-order valence-corrected chi connectivity index (χ2v) is 4.37. The zero-order chi connectivity index (χ0) is 11.3. The van der Waals surface area contributed by atoms with Crippen molar-refractivity contribution in [1.29, 1.82) is 0 Å². The van der Waals surface area contributed by atoms with Crippen LogP contribution < -0.4 is 4.74 Å². The molecule has 1 N–H and O–H groups in total. The Balaban J connectivity index is 2.10. The normalized spacial score (nSPS) is 21.7. The van der Waals surface area contributed by atoms with Crippen molar-refractivity contribution in [3.63, 3.8) is 0 Å². The molecule has 0 saturated heterocycles. The summed E-state index contributed by atoms with van der Waals surface area (Å²) in [6.07, 6.45) is 2.27. The summed E-state index contributed by atoms with van der Waals surface area (Å²) in [4.78, 5) is 12.0. The maximum atomic E-state index is 12.0. The van der Waals surface area contributed by atoms with Crippen LogP contribution in [0.5, 0.6) is 11.5 Å². The number of ether oxygens (including phenoxy) is 1. The number of carbonyl (C=O) groups is 1. The smallest absolute Gasteiger partial charge is 0.235 e. The summed E-state index contributed by atoms with van der Waals surface area (Å²) in [5.74, 6) is 1.20. The van der Waals surface area contributed by atoms with Gasteiger partial charge in [0.25, 0.3) is 0 Å². The summed E-state index contributed by atoms with van der Waals surface area (Å²) in [5, 5.41) is 9.63. The third-order valence-electron chi connectivity index (χ3n) is 3.20. The van der Waals surface area contributed by atoms with Crippen molar-refractivity contribution in [2.75, 3.05) is 0 Å². The number of hydrogen-bond donors (Lipinski definition) is 1. The van der Waals surface area contributed by atoms with Crippen LogP contribution in [0.3, 0.4) is 0 Å². The number of carbonyl (C=O) groups excluding carboxylic acids is 1. The summed E-state index contributed by atoms with van der Waals surface area (Å²) in [7, 11) is 0. The minimum atomic E-state index is -0.183. The van der Waals surface area contributed by atoms with E-state index in [1.54, 1.807) is 12.1 Å². The number of ketones is 1. The predicted molar refractivity (Wildman–Crippen MR) is 58.5 cm³/mol. The van der Waals surface area contributed by atoms with Gasteiger partial charge in [0.15, 0.2) is 5.76 Å². The Kier molecular flexibility index (Phi) is 1.84. The molecular weight excluding hydrogens is 204 g/mol. The second-order valence-electron chi connectivity index (χ2n) is 4.37. The largest absolute Gasteiger partial charge is 0.507 e. The first kappa shape index (κ1) is 9.46. The molecule has 0 atom stereocenters. The van der Waals surface area contributed by atoms with Crippen LogP contribution in [-0.4, -0.2) is 10.9 Å². The molecule has 3 nitrogen and oxygen atoms in total. The van der Waals surface area contributed by atoms with E-state index >= 15 is 0 Å². The molecule has 0 unspecified atom stereocenters. The number of fused-ring (bicyclic) bond motifs is 1. The fourth-order valence-corrected chi connectivity index (χ4v) is 2.06. The van der Waals surface area contributed by atoms with Gasteiger partial charge in [0, 0.05) is 0 Å². The van der Waals surface area contributed by atoms with Gasteiger partial charge in [0.2, 0.25) is 5.78 Å². The van der Waals surface area contributed by atoms with Gasteiger partial charge < -0.3 is 9.84 Å². The van der Waals surface area contributed by atoms with Crippen LogP contribution in [0.1, 0.15) is 30.1 Å². The molecule has 0 radical (unpaired) electrons. The average Bonchev–Trinajstić information content (AvgIpc) is 3.04. The van der Waals surface area contributed by atoms with Crippen molar-refractivity contribution in [3.8, 4) is 11.5 Å². The molecule has 0 bridgehead atoms. The zero-order valence-corrected chi connectivity index (χ0v) is 8.99. The highest BCUT2D eigenvalue weighted by Gasteiger charge is 2.35. The molecule has 1 saturated carbocycles. The standard InChI is InChI=1S/C13H12O3/c1-7(8-5-6-8)13-12(15)11-9(14)3-2-4-10(11)16-13/h2-4,8,14H,5-6H2,1H3/b13-7-. The number of allylic oxidation sites excluding steroid dienone is 2. The van der Waals surface area contributed by atoms with E-state index in [-0.39, 0.29) is 11.5 Å². The Morgan fingerprint density at radius 3 is 2.81 bits per heavy atom. The van der Waals surface area contributed by atoms with E-state index in [2.05, 4.69) is 0 Å². The number of benzene rings is 1. The Bertz CT molecular complexity index is 510. The minimum Gasteiger partial charge on any atom is -0.507 e. The number of rotatable bonds is 1. The van der Waals surface area contributed by atoms with Crippen LogP contribution in [0.15, 0.2) is 29.5 Å². The van der Waals surface area contributed by atoms with Gasteiger partial charge >= 0.3 is 0 Å². The van der Waals surface area contributed by atoms with E-state index in [4.69, 9.17) is 4.74 Å². The molecule has 0 aromatic heterocycles. The highest BCUT2D eigenvalue weighted by molar-refractivity contribution is 6.14. The van der Waals surface area contributed by atoms with Crippen LogP contribution in [0.2, 0.25) is 0 Å². The molecule has 1 heterocycles. The van der Waals surface area contributed by atoms with Gasteiger partial charge in [0.1, 0.15) is 17.1 Å². The Hall–Kier alpha value is -1.77. The fourth-order valence-electron chi connectivity index (χ4n) is 2.06. The molecule has 1 aromatic carbocycles. The SMILES string of the molecule is C/C(=C1/Oc2cccc(O)c2C1=O)C1CC1. The molecule has 3 rings (SSSR count). The van der Waals surface area contributed by atoms with Crippen molar-refractivity contribution in [1.82, 2.24) is 0 Å². The molecule has 82 valence electrons. The van der Waals surface area contributed by atoms with E-state index in [1.165, 1.54) is 6.07 Å². The van der Waals surface area contributed by atoms with Gasteiger partial charge in [-0.25, -0.2) is 0 Å². The predicted octanol–water partition coefficient (Wildman–Crippen LogP) is 2.65. The van der Waals surface area contributed by atoms with Crippen LogP contribution >= 0.6 is 0 Å². The number of phenolic OH excluding ortho intramolecular Hbond substituents is 1. The van der Waals surface area contributed by atoms with Gasteiger partial charge in [-0.15, -0.1) is 0 Å². The molecule has 1 aliphatic carbocycles. The highest BCUT2D eigenvalue weighted by atomic mass is 16.5. The first-order chi connectivity index (χ1) is 7.68. The maximum Gasteiger partial charge on any atom is 0.235 e. The third kappa shape index (κ3) is 1.24. The van der Waals surface area contributed by atoms with Gasteiger partial charge in [-0.2, -0.15) is 0 Å². The van der Waals surface area contributed by atoms with Crippen LogP contribution in [0.4, 0.5) is 0 Å². The Labute approximate surface area is 93.4 Å². The highest BCUT2D eigenvalue weighted by Crippen LogP contribution is 2.43. The fraction of sp³-hybridized carbons (Fsp3) is 0.308. The summed E-state index contributed by atoms with van der Waals surface area (Å²) in [6.45, 7) is 1.94. The van der Waals surface area contributed by atoms with E-state index < -0.39 is 0 Å². The minimum absolute atomic E-state index is 0.00102. The molecule has 0 amide bonds. The lowest BCUT2D eigenvalue weighted by Gasteiger charge is -2.02. The van der Waals surface area contributed by atoms with Gasteiger partial charge in [-0.1, -0.05) is 6.07 Å². The maximum absolute atomic E-state index is 12.0. The monoisotopic (exact) mass is 216 g/mol. The molecule has 2 aliphatic rings. The third-order valence-corrected chi connectivity index (χ3v) is 3.20. The van der Waals surface area contributed by atoms with E-state index in [0.29, 0.717) is 23.0 Å². The van der Waals surface area contributed by atoms with Crippen molar-refractivity contribution in [2.24, 2.45) is 5.92 Å². The van der Waals surface area contributed by atoms with Crippen molar-refractivity contribution >= 4 is 5.78 Å². The van der Waals surface area contributed by atoms with Gasteiger partial charge in [0.05, 0.1) is 0 Å². The zero-order valence-electron chi connectivity index (χ0n) is 8.99. The average molecular weight is 216 g/mol. The van der Waals surface area contributed by atoms with Crippen molar-refractivity contribution < 1.29 is 14.6 Å².